The Morgan fingerprint density at radius 1 is 1.06 bits per heavy atom. The molecule has 1 rings (SSSR count). The highest BCUT2D eigenvalue weighted by Gasteiger charge is 2.37. The van der Waals surface area contributed by atoms with E-state index < -0.39 is 34.3 Å². The van der Waals surface area contributed by atoms with Crippen molar-refractivity contribution < 1.29 is 29.4 Å². The largest absolute Gasteiger partial charge is 0.469 e. The molecule has 1 fully saturated rings. The lowest BCUT2D eigenvalue weighted by Gasteiger charge is -2.30. The minimum atomic E-state index is -0.993. The molecular weight excluding hydrogens is 252 g/mol. The van der Waals surface area contributed by atoms with Crippen LogP contribution in [0.2, 0.25) is 0 Å². The molecule has 0 bridgehead atoms. The van der Waals surface area contributed by atoms with Crippen LogP contribution in [0, 0.1) is 26.1 Å². The van der Waals surface area contributed by atoms with Gasteiger partial charge in [0.2, 0.25) is 0 Å². The van der Waals surface area contributed by atoms with Crippen LogP contribution in [0.3, 0.4) is 0 Å². The van der Waals surface area contributed by atoms with E-state index in [4.69, 9.17) is 0 Å². The molecule has 10 heteroatoms. The Morgan fingerprint density at radius 3 is 1.83 bits per heavy atom. The summed E-state index contributed by atoms with van der Waals surface area (Å²) in [6.45, 7) is 0. The van der Waals surface area contributed by atoms with Crippen LogP contribution >= 0.6 is 0 Å². The van der Waals surface area contributed by atoms with Gasteiger partial charge in [-0.05, 0) is 12.8 Å². The molecule has 0 N–H and O–H groups in total. The number of nitrogens with zero attached hydrogens (tertiary/aromatic N) is 2. The molecule has 0 heterocycles. The second kappa shape index (κ2) is 5.98. The number of rotatable bonds is 5. The highest BCUT2D eigenvalue weighted by Crippen LogP contribution is 2.29. The number of carbonyl (C=O) groups excluding carboxylic acids is 1. The molecule has 0 spiro atoms. The first-order valence-corrected chi connectivity index (χ1v) is 5.12. The van der Waals surface area contributed by atoms with Crippen molar-refractivity contribution in [2.45, 2.75) is 31.5 Å². The Kier molecular flexibility index (Phi) is 4.63. The monoisotopic (exact) mass is 264 g/mol. The van der Waals surface area contributed by atoms with Gasteiger partial charge in [-0.1, -0.05) is 0 Å². The Balaban J connectivity index is 2.68. The molecule has 18 heavy (non-hydrogen) atoms. The first kappa shape index (κ1) is 13.9. The van der Waals surface area contributed by atoms with Gasteiger partial charge in [0.1, 0.15) is 12.2 Å². The van der Waals surface area contributed by atoms with E-state index in [9.17, 15) is 25.0 Å². The van der Waals surface area contributed by atoms with Gasteiger partial charge in [0, 0.05) is 6.42 Å². The molecule has 0 aromatic heterocycles. The fraction of sp³-hybridized carbons (Fsp3) is 0.875. The van der Waals surface area contributed by atoms with Crippen molar-refractivity contribution in [1.29, 1.82) is 0 Å². The fourth-order valence-electron chi connectivity index (χ4n) is 1.99. The Bertz CT molecular complexity index is 322. The number of carbonyl (C=O) groups is 1. The first-order valence-electron chi connectivity index (χ1n) is 5.12. The third-order valence-corrected chi connectivity index (χ3v) is 2.63. The Labute approximate surface area is 101 Å². The van der Waals surface area contributed by atoms with Gasteiger partial charge in [-0.3, -0.25) is 4.79 Å². The van der Waals surface area contributed by atoms with E-state index >= 15 is 0 Å². The minimum Gasteiger partial charge on any atom is -0.469 e. The average Bonchev–Trinajstić information content (AvgIpc) is 2.25. The van der Waals surface area contributed by atoms with Crippen LogP contribution in [0.5, 0.6) is 0 Å². The Hall–Kier alpha value is -2.13. The maximum absolute atomic E-state index is 11.4. The molecule has 0 radical (unpaired) electrons. The topological polar surface area (TPSA) is 131 Å². The van der Waals surface area contributed by atoms with E-state index in [0.29, 0.717) is 0 Å². The smallest absolute Gasteiger partial charge is 0.308 e. The molecule has 10 nitrogen and oxygen atoms in total. The number of ether oxygens (including phenoxy) is 1. The predicted molar refractivity (Wildman–Crippen MR) is 53.1 cm³/mol. The number of hydrogen-bond acceptors (Lipinski definition) is 8. The third-order valence-electron chi connectivity index (χ3n) is 2.63. The third kappa shape index (κ3) is 4.03. The van der Waals surface area contributed by atoms with Crippen molar-refractivity contribution in [3.05, 3.63) is 20.2 Å². The summed E-state index contributed by atoms with van der Waals surface area (Å²) in [6, 6.07) is 0. The SMILES string of the molecule is COC(=O)C1CC(O[N+](=O)[O-])CC(O[N+](=O)[O-])C1. The minimum absolute atomic E-state index is 0.0184. The summed E-state index contributed by atoms with van der Waals surface area (Å²) >= 11 is 0. The summed E-state index contributed by atoms with van der Waals surface area (Å²) in [5.74, 6) is -1.30. The molecule has 2 unspecified atom stereocenters. The van der Waals surface area contributed by atoms with Crippen LogP contribution in [0.4, 0.5) is 0 Å². The van der Waals surface area contributed by atoms with Crippen molar-refractivity contribution in [2.24, 2.45) is 5.92 Å². The van der Waals surface area contributed by atoms with E-state index in [-0.39, 0.29) is 19.3 Å². The molecule has 102 valence electrons. The standard InChI is InChI=1S/C8H12N2O8/c1-16-8(11)5-2-6(17-9(12)13)4-7(3-5)18-10(14)15/h5-7H,2-4H2,1H3. The molecule has 0 saturated heterocycles. The number of methoxy groups -OCH3 is 1. The molecule has 0 aromatic rings. The van der Waals surface area contributed by atoms with Gasteiger partial charge < -0.3 is 14.4 Å². The summed E-state index contributed by atoms with van der Waals surface area (Å²) in [4.78, 5) is 40.5. The van der Waals surface area contributed by atoms with E-state index in [1.54, 1.807) is 0 Å². The van der Waals surface area contributed by atoms with Crippen molar-refractivity contribution in [1.82, 2.24) is 0 Å². The maximum atomic E-state index is 11.4. The van der Waals surface area contributed by atoms with Gasteiger partial charge >= 0.3 is 5.97 Å². The second-order valence-electron chi connectivity index (χ2n) is 3.83. The lowest BCUT2D eigenvalue weighted by atomic mass is 9.85. The average molecular weight is 264 g/mol. The van der Waals surface area contributed by atoms with Crippen molar-refractivity contribution >= 4 is 5.97 Å². The van der Waals surface area contributed by atoms with E-state index in [1.807, 2.05) is 0 Å². The highest BCUT2D eigenvalue weighted by molar-refractivity contribution is 5.72. The zero-order valence-electron chi connectivity index (χ0n) is 9.51. The zero-order chi connectivity index (χ0) is 13.7. The Morgan fingerprint density at radius 2 is 1.50 bits per heavy atom. The zero-order valence-corrected chi connectivity index (χ0v) is 9.51. The number of hydrogen-bond donors (Lipinski definition) is 0. The molecule has 1 aliphatic rings. The van der Waals surface area contributed by atoms with Gasteiger partial charge in [0.05, 0.1) is 13.0 Å². The lowest BCUT2D eigenvalue weighted by Crippen LogP contribution is -2.38. The summed E-state index contributed by atoms with van der Waals surface area (Å²) in [6.07, 6.45) is -1.70. The highest BCUT2D eigenvalue weighted by atomic mass is 17.0. The van der Waals surface area contributed by atoms with Gasteiger partial charge in [-0.25, -0.2) is 0 Å². The lowest BCUT2D eigenvalue weighted by molar-refractivity contribution is -0.781. The molecule has 1 aliphatic carbocycles. The van der Waals surface area contributed by atoms with Crippen LogP contribution in [-0.2, 0) is 19.2 Å². The fourth-order valence-corrected chi connectivity index (χ4v) is 1.99. The molecular formula is C8H12N2O8. The van der Waals surface area contributed by atoms with Crippen molar-refractivity contribution in [2.75, 3.05) is 7.11 Å². The quantitative estimate of drug-likeness (QED) is 0.388. The molecule has 2 atom stereocenters. The van der Waals surface area contributed by atoms with E-state index in [2.05, 4.69) is 14.4 Å². The molecule has 0 aromatic carbocycles. The summed E-state index contributed by atoms with van der Waals surface area (Å²) in [5, 5.41) is 18.5. The molecule has 1 saturated carbocycles. The van der Waals surface area contributed by atoms with Crippen LogP contribution in [0.15, 0.2) is 0 Å². The van der Waals surface area contributed by atoms with E-state index in [0.717, 1.165) is 0 Å². The van der Waals surface area contributed by atoms with Crippen molar-refractivity contribution in [3.8, 4) is 0 Å². The first-order chi connectivity index (χ1) is 8.42. The summed E-state index contributed by atoms with van der Waals surface area (Å²) in [7, 11) is 1.17. The van der Waals surface area contributed by atoms with E-state index in [1.165, 1.54) is 7.11 Å². The van der Waals surface area contributed by atoms with Gasteiger partial charge in [-0.15, -0.1) is 20.2 Å². The van der Waals surface area contributed by atoms with Crippen LogP contribution in [0.1, 0.15) is 19.3 Å². The van der Waals surface area contributed by atoms with Gasteiger partial charge in [0.15, 0.2) is 0 Å². The molecule has 0 amide bonds. The summed E-state index contributed by atoms with van der Waals surface area (Å²) < 4.78 is 4.51. The van der Waals surface area contributed by atoms with Crippen LogP contribution < -0.4 is 0 Å². The van der Waals surface area contributed by atoms with Gasteiger partial charge in [0.25, 0.3) is 10.2 Å². The van der Waals surface area contributed by atoms with Gasteiger partial charge in [-0.2, -0.15) is 0 Å². The summed E-state index contributed by atoms with van der Waals surface area (Å²) in [5.41, 5.74) is 0. The number of esters is 1. The molecule has 0 aliphatic heterocycles. The predicted octanol–water partition coefficient (Wildman–Crippen LogP) is 0.113. The van der Waals surface area contributed by atoms with Crippen molar-refractivity contribution in [3.63, 3.8) is 0 Å². The second-order valence-corrected chi connectivity index (χ2v) is 3.83. The van der Waals surface area contributed by atoms with Crippen LogP contribution in [-0.4, -0.2) is 35.5 Å². The van der Waals surface area contributed by atoms with Crippen LogP contribution in [0.25, 0.3) is 0 Å². The maximum Gasteiger partial charge on any atom is 0.308 e. The normalized spacial score (nSPS) is 27.1.